The second kappa shape index (κ2) is 10.9. The van der Waals surface area contributed by atoms with Crippen molar-refractivity contribution in [2.45, 2.75) is 89.9 Å². The monoisotopic (exact) mass is 489 g/mol. The number of hydrogen-bond donors (Lipinski definition) is 2. The average molecular weight is 490 g/mol. The zero-order valence-electron chi connectivity index (χ0n) is 22.0. The van der Waals surface area contributed by atoms with Crippen molar-refractivity contribution in [3.05, 3.63) is 75.9 Å². The Balaban J connectivity index is 1.45. The van der Waals surface area contributed by atoms with Crippen molar-refractivity contribution in [1.82, 2.24) is 14.8 Å². The fraction of sp³-hybridized carbons (Fsp3) is 0.500. The van der Waals surface area contributed by atoms with Crippen molar-refractivity contribution in [2.24, 2.45) is 7.05 Å². The van der Waals surface area contributed by atoms with Gasteiger partial charge in [0.1, 0.15) is 5.75 Å². The van der Waals surface area contributed by atoms with Gasteiger partial charge in [-0.2, -0.15) is 5.10 Å². The van der Waals surface area contributed by atoms with Crippen LogP contribution in [0.15, 0.2) is 36.4 Å². The number of carboxylic acid groups (broad SMARTS) is 1. The molecule has 3 aromatic rings. The number of benzene rings is 1. The molecule has 2 N–H and O–H groups in total. The number of aromatic nitrogens is 3. The Morgan fingerprint density at radius 2 is 1.83 bits per heavy atom. The van der Waals surface area contributed by atoms with Crippen molar-refractivity contribution in [3.63, 3.8) is 0 Å². The highest BCUT2D eigenvalue weighted by Crippen LogP contribution is 2.35. The van der Waals surface area contributed by atoms with Gasteiger partial charge in [-0.3, -0.25) is 14.5 Å². The number of fused-ring (bicyclic) bond motifs is 1. The van der Waals surface area contributed by atoms with E-state index in [0.29, 0.717) is 12.0 Å². The third kappa shape index (κ3) is 6.34. The minimum Gasteiger partial charge on any atom is -0.508 e. The molecule has 1 aromatic carbocycles. The van der Waals surface area contributed by atoms with E-state index < -0.39 is 5.97 Å². The van der Waals surface area contributed by atoms with Crippen LogP contribution in [0.1, 0.15) is 91.8 Å². The summed E-state index contributed by atoms with van der Waals surface area (Å²) < 4.78 is 1.90. The van der Waals surface area contributed by atoms with Gasteiger partial charge in [0, 0.05) is 30.0 Å². The molecule has 36 heavy (non-hydrogen) atoms. The first kappa shape index (κ1) is 25.9. The fourth-order valence-electron chi connectivity index (χ4n) is 5.23. The minimum absolute atomic E-state index is 0.0585. The summed E-state index contributed by atoms with van der Waals surface area (Å²) in [6.07, 6.45) is 7.97. The van der Waals surface area contributed by atoms with Crippen LogP contribution < -0.4 is 0 Å². The Labute approximate surface area is 214 Å². The van der Waals surface area contributed by atoms with Crippen LogP contribution in [-0.2, 0) is 49.4 Å². The van der Waals surface area contributed by atoms with E-state index in [0.717, 1.165) is 54.7 Å². The van der Waals surface area contributed by atoms with Gasteiger partial charge in [0.05, 0.1) is 12.1 Å². The van der Waals surface area contributed by atoms with Crippen LogP contribution >= 0.6 is 0 Å². The van der Waals surface area contributed by atoms with Crippen LogP contribution in [-0.4, -0.2) is 30.9 Å². The van der Waals surface area contributed by atoms with Crippen molar-refractivity contribution in [3.8, 4) is 5.75 Å². The maximum atomic E-state index is 11.7. The largest absolute Gasteiger partial charge is 0.508 e. The number of phenols is 1. The first-order valence-corrected chi connectivity index (χ1v) is 13.1. The Hall–Kier alpha value is -3.15. The highest BCUT2D eigenvalue weighted by Gasteiger charge is 2.24. The van der Waals surface area contributed by atoms with Gasteiger partial charge in [0.2, 0.25) is 0 Å². The molecule has 6 heteroatoms. The van der Waals surface area contributed by atoms with Crippen LogP contribution in [0.4, 0.5) is 0 Å². The highest BCUT2D eigenvalue weighted by atomic mass is 16.4. The molecule has 0 fully saturated rings. The molecule has 0 saturated carbocycles. The lowest BCUT2D eigenvalue weighted by Gasteiger charge is -2.23. The lowest BCUT2D eigenvalue weighted by molar-refractivity contribution is -0.137. The molecule has 1 aliphatic rings. The normalized spacial score (nSPS) is 14.4. The SMILES string of the molecule is Cn1nc(CC(CC(=O)O)c2cc(C(C)(C)C)ccc2O)cc1CCCc1ccc2c(n1)CCCC2. The molecule has 1 atom stereocenters. The fourth-order valence-corrected chi connectivity index (χ4v) is 5.23. The number of carboxylic acids is 1. The number of aliphatic carboxylic acids is 1. The Morgan fingerprint density at radius 3 is 2.58 bits per heavy atom. The molecule has 0 radical (unpaired) electrons. The van der Waals surface area contributed by atoms with Crippen LogP contribution in [0, 0.1) is 0 Å². The molecule has 0 bridgehead atoms. The van der Waals surface area contributed by atoms with E-state index >= 15 is 0 Å². The van der Waals surface area contributed by atoms with E-state index in [-0.39, 0.29) is 23.5 Å². The highest BCUT2D eigenvalue weighted by molar-refractivity contribution is 5.68. The van der Waals surface area contributed by atoms with E-state index in [1.807, 2.05) is 23.9 Å². The molecule has 1 unspecified atom stereocenters. The van der Waals surface area contributed by atoms with Gasteiger partial charge in [-0.1, -0.05) is 39.0 Å². The first-order valence-electron chi connectivity index (χ1n) is 13.1. The zero-order valence-corrected chi connectivity index (χ0v) is 22.0. The summed E-state index contributed by atoms with van der Waals surface area (Å²) in [5.74, 6) is -1.09. The molecule has 0 spiro atoms. The summed E-state index contributed by atoms with van der Waals surface area (Å²) >= 11 is 0. The predicted octanol–water partition coefficient (Wildman–Crippen LogP) is 5.67. The van der Waals surface area contributed by atoms with Gasteiger partial charge in [-0.25, -0.2) is 0 Å². The number of phenolic OH excluding ortho intramolecular Hbond substituents is 1. The number of hydrogen-bond acceptors (Lipinski definition) is 4. The van der Waals surface area contributed by atoms with Gasteiger partial charge in [0.25, 0.3) is 0 Å². The second-order valence-corrected chi connectivity index (χ2v) is 11.2. The number of nitrogens with zero attached hydrogens (tertiary/aromatic N) is 3. The van der Waals surface area contributed by atoms with E-state index in [2.05, 4.69) is 39.0 Å². The Morgan fingerprint density at radius 1 is 1.06 bits per heavy atom. The van der Waals surface area contributed by atoms with Crippen molar-refractivity contribution in [2.75, 3.05) is 0 Å². The molecule has 1 aliphatic carbocycles. The second-order valence-electron chi connectivity index (χ2n) is 11.2. The third-order valence-electron chi connectivity index (χ3n) is 7.34. The van der Waals surface area contributed by atoms with E-state index in [1.165, 1.54) is 24.1 Å². The summed E-state index contributed by atoms with van der Waals surface area (Å²) in [7, 11) is 1.94. The van der Waals surface area contributed by atoms with Crippen molar-refractivity contribution in [1.29, 1.82) is 0 Å². The number of carbonyl (C=O) groups is 1. The molecule has 4 rings (SSSR count). The lowest BCUT2D eigenvalue weighted by Crippen LogP contribution is -2.14. The maximum absolute atomic E-state index is 11.7. The van der Waals surface area contributed by atoms with Crippen molar-refractivity contribution < 1.29 is 15.0 Å². The third-order valence-corrected chi connectivity index (χ3v) is 7.34. The summed E-state index contributed by atoms with van der Waals surface area (Å²) in [6, 6.07) is 12.1. The number of aryl methyl sites for hydroxylation is 5. The van der Waals surface area contributed by atoms with Gasteiger partial charge in [-0.05, 0) is 91.7 Å². The maximum Gasteiger partial charge on any atom is 0.303 e. The lowest BCUT2D eigenvalue weighted by atomic mass is 9.82. The van der Waals surface area contributed by atoms with E-state index in [9.17, 15) is 15.0 Å². The smallest absolute Gasteiger partial charge is 0.303 e. The van der Waals surface area contributed by atoms with Crippen LogP contribution in [0.3, 0.4) is 0 Å². The van der Waals surface area contributed by atoms with Gasteiger partial charge >= 0.3 is 5.97 Å². The standard InChI is InChI=1S/C30H39N3O3/c1-30(2,3)22-13-15-28(34)26(18-22)21(17-29(35)36)16-24-19-25(33(4)32-24)10-7-9-23-14-12-20-8-5-6-11-27(20)31-23/h12-15,18-19,21,34H,5-11,16-17H2,1-4H3,(H,35,36). The van der Waals surface area contributed by atoms with Gasteiger partial charge in [-0.15, -0.1) is 0 Å². The van der Waals surface area contributed by atoms with Crippen LogP contribution in [0.25, 0.3) is 0 Å². The van der Waals surface area contributed by atoms with Crippen molar-refractivity contribution >= 4 is 5.97 Å². The number of pyridine rings is 1. The van der Waals surface area contributed by atoms with Gasteiger partial charge in [0.15, 0.2) is 0 Å². The Bertz CT molecular complexity index is 1220. The molecular formula is C30H39N3O3. The number of aromatic hydroxyl groups is 1. The molecule has 0 saturated heterocycles. The zero-order chi connectivity index (χ0) is 25.9. The van der Waals surface area contributed by atoms with Gasteiger partial charge < -0.3 is 10.2 Å². The summed E-state index contributed by atoms with van der Waals surface area (Å²) in [5.41, 5.74) is 7.49. The molecule has 192 valence electrons. The predicted molar refractivity (Wildman–Crippen MR) is 142 cm³/mol. The summed E-state index contributed by atoms with van der Waals surface area (Å²) in [6.45, 7) is 6.33. The van der Waals surface area contributed by atoms with Crippen LogP contribution in [0.2, 0.25) is 0 Å². The molecule has 0 amide bonds. The number of rotatable bonds is 9. The molecular weight excluding hydrogens is 450 g/mol. The van der Waals surface area contributed by atoms with Crippen LogP contribution in [0.5, 0.6) is 5.75 Å². The molecule has 2 aromatic heterocycles. The molecule has 0 aliphatic heterocycles. The minimum atomic E-state index is -0.880. The average Bonchev–Trinajstić information content (AvgIpc) is 3.16. The quantitative estimate of drug-likeness (QED) is 0.404. The van der Waals surface area contributed by atoms with E-state index in [4.69, 9.17) is 10.1 Å². The molecule has 2 heterocycles. The Kier molecular flexibility index (Phi) is 7.82. The molecule has 6 nitrogen and oxygen atoms in total. The first-order chi connectivity index (χ1) is 17.1. The summed E-state index contributed by atoms with van der Waals surface area (Å²) in [4.78, 5) is 16.6. The summed E-state index contributed by atoms with van der Waals surface area (Å²) in [5, 5.41) is 24.9. The topological polar surface area (TPSA) is 88.2 Å². The van der Waals surface area contributed by atoms with E-state index in [1.54, 1.807) is 6.07 Å².